The number of carbonyl (C=O) groups excluding carboxylic acids is 1. The molecule has 11 heteroatoms. The maximum atomic E-state index is 13.1. The minimum Gasteiger partial charge on any atom is -0.495 e. The van der Waals surface area contributed by atoms with E-state index in [-0.39, 0.29) is 36.1 Å². The van der Waals surface area contributed by atoms with Crippen molar-refractivity contribution in [1.29, 1.82) is 0 Å². The van der Waals surface area contributed by atoms with Crippen LogP contribution in [0, 0.1) is 0 Å². The summed E-state index contributed by atoms with van der Waals surface area (Å²) >= 11 is 0. The number of aromatic nitrogens is 3. The molecule has 0 radical (unpaired) electrons. The first-order valence-electron chi connectivity index (χ1n) is 9.99. The average molecular weight is 458 g/mol. The van der Waals surface area contributed by atoms with E-state index in [9.17, 15) is 13.2 Å². The van der Waals surface area contributed by atoms with E-state index in [0.717, 1.165) is 0 Å². The molecule has 0 bridgehead atoms. The topological polar surface area (TPSA) is 116 Å². The fourth-order valence-electron chi connectivity index (χ4n) is 3.41. The number of carbonyl (C=O) groups is 1. The smallest absolute Gasteiger partial charge is 0.246 e. The summed E-state index contributed by atoms with van der Waals surface area (Å²) < 4.78 is 39.7. The first-order chi connectivity index (χ1) is 15.5. The van der Waals surface area contributed by atoms with Crippen LogP contribution in [0.2, 0.25) is 0 Å². The van der Waals surface area contributed by atoms with Crippen LogP contribution < -0.4 is 10.1 Å². The molecular weight excluding hydrogens is 434 g/mol. The number of nitrogens with one attached hydrogen (secondary N) is 1. The van der Waals surface area contributed by atoms with Crippen molar-refractivity contribution in [3.63, 3.8) is 0 Å². The summed E-state index contributed by atoms with van der Waals surface area (Å²) in [4.78, 5) is 17.1. The van der Waals surface area contributed by atoms with Crippen LogP contribution in [0.4, 0.5) is 5.69 Å². The van der Waals surface area contributed by atoms with Crippen molar-refractivity contribution in [2.24, 2.45) is 0 Å². The van der Waals surface area contributed by atoms with E-state index in [1.165, 1.54) is 17.5 Å². The molecule has 10 nitrogen and oxygen atoms in total. The summed E-state index contributed by atoms with van der Waals surface area (Å²) in [5, 5.41) is 6.98. The lowest BCUT2D eigenvalue weighted by molar-refractivity contribution is -0.115. The van der Waals surface area contributed by atoms with E-state index >= 15 is 0 Å². The van der Waals surface area contributed by atoms with E-state index in [1.54, 1.807) is 53.6 Å². The van der Waals surface area contributed by atoms with Gasteiger partial charge in [0.15, 0.2) is 5.82 Å². The first kappa shape index (κ1) is 21.9. The average Bonchev–Trinajstić information content (AvgIpc) is 3.35. The molecule has 1 aliphatic rings. The Labute approximate surface area is 185 Å². The van der Waals surface area contributed by atoms with Gasteiger partial charge in [-0.2, -0.15) is 9.40 Å². The van der Waals surface area contributed by atoms with Gasteiger partial charge in [-0.1, -0.05) is 6.07 Å². The van der Waals surface area contributed by atoms with Crippen molar-refractivity contribution in [2.45, 2.75) is 11.3 Å². The normalized spacial score (nSPS) is 14.8. The molecule has 0 saturated carbocycles. The molecule has 1 N–H and O–H groups in total. The molecule has 1 aliphatic heterocycles. The lowest BCUT2D eigenvalue weighted by Crippen LogP contribution is -2.40. The van der Waals surface area contributed by atoms with E-state index in [4.69, 9.17) is 9.47 Å². The zero-order chi connectivity index (χ0) is 22.6. The van der Waals surface area contributed by atoms with Gasteiger partial charge >= 0.3 is 0 Å². The Morgan fingerprint density at radius 1 is 1.19 bits per heavy atom. The molecule has 0 spiro atoms. The fraction of sp³-hybridized carbons (Fsp3) is 0.286. The second-order valence-electron chi connectivity index (χ2n) is 7.05. The second-order valence-corrected chi connectivity index (χ2v) is 8.96. The van der Waals surface area contributed by atoms with Crippen molar-refractivity contribution in [2.75, 3.05) is 38.7 Å². The highest BCUT2D eigenvalue weighted by Crippen LogP contribution is 2.29. The van der Waals surface area contributed by atoms with Crippen LogP contribution in [0.15, 0.2) is 59.9 Å². The van der Waals surface area contributed by atoms with Gasteiger partial charge in [-0.3, -0.25) is 4.79 Å². The van der Waals surface area contributed by atoms with Crippen molar-refractivity contribution in [1.82, 2.24) is 19.1 Å². The zero-order valence-corrected chi connectivity index (χ0v) is 18.3. The number of hydrogen-bond acceptors (Lipinski definition) is 7. The molecule has 1 saturated heterocycles. The number of ether oxygens (including phenoxy) is 2. The number of sulfonamides is 1. The largest absolute Gasteiger partial charge is 0.495 e. The van der Waals surface area contributed by atoms with E-state index in [1.807, 2.05) is 0 Å². The lowest BCUT2D eigenvalue weighted by atomic mass is 10.1. The summed E-state index contributed by atoms with van der Waals surface area (Å²) in [6.07, 6.45) is 4.93. The predicted molar refractivity (Wildman–Crippen MR) is 116 cm³/mol. The molecule has 1 amide bonds. The van der Waals surface area contributed by atoms with E-state index in [2.05, 4.69) is 15.4 Å². The molecule has 3 aromatic rings. The molecule has 2 aromatic heterocycles. The van der Waals surface area contributed by atoms with Crippen LogP contribution in [0.3, 0.4) is 0 Å². The number of rotatable bonds is 7. The molecule has 32 heavy (non-hydrogen) atoms. The molecule has 0 atom stereocenters. The fourth-order valence-corrected chi connectivity index (χ4v) is 5.02. The monoisotopic (exact) mass is 457 g/mol. The molecule has 0 unspecified atom stereocenters. The maximum Gasteiger partial charge on any atom is 0.246 e. The van der Waals surface area contributed by atoms with Crippen LogP contribution >= 0.6 is 0 Å². The van der Waals surface area contributed by atoms with Gasteiger partial charge < -0.3 is 14.8 Å². The Hall–Kier alpha value is -3.28. The third-order valence-corrected chi connectivity index (χ3v) is 6.88. The number of hydrogen-bond donors (Lipinski definition) is 1. The third kappa shape index (κ3) is 4.64. The van der Waals surface area contributed by atoms with Crippen molar-refractivity contribution < 1.29 is 22.7 Å². The van der Waals surface area contributed by atoms with Crippen LogP contribution in [0.5, 0.6) is 5.75 Å². The SMILES string of the molecule is COc1ccc(CC(=O)Nc2cccnc2-n2cccn2)cc1S(=O)(=O)N1CCOCC1. The zero-order valence-electron chi connectivity index (χ0n) is 17.5. The van der Waals surface area contributed by atoms with E-state index in [0.29, 0.717) is 30.3 Å². The highest BCUT2D eigenvalue weighted by molar-refractivity contribution is 7.89. The van der Waals surface area contributed by atoms with Crippen LogP contribution in [0.1, 0.15) is 5.56 Å². The summed E-state index contributed by atoms with van der Waals surface area (Å²) in [6, 6.07) is 9.92. The number of methoxy groups -OCH3 is 1. The Bertz CT molecular complexity index is 1190. The first-order valence-corrected chi connectivity index (χ1v) is 11.4. The summed E-state index contributed by atoms with van der Waals surface area (Å²) in [5.41, 5.74) is 1.04. The Morgan fingerprint density at radius 3 is 2.72 bits per heavy atom. The van der Waals surface area contributed by atoms with Gasteiger partial charge in [0.05, 0.1) is 32.4 Å². The van der Waals surface area contributed by atoms with Gasteiger partial charge in [0.25, 0.3) is 0 Å². The van der Waals surface area contributed by atoms with Crippen LogP contribution in [-0.4, -0.2) is 66.8 Å². The molecule has 1 fully saturated rings. The molecule has 168 valence electrons. The molecule has 3 heterocycles. The Kier molecular flexibility index (Phi) is 6.49. The minimum atomic E-state index is -3.78. The van der Waals surface area contributed by atoms with Crippen molar-refractivity contribution >= 4 is 21.6 Å². The molecule has 4 rings (SSSR count). The second kappa shape index (κ2) is 9.47. The highest BCUT2D eigenvalue weighted by atomic mass is 32.2. The predicted octanol–water partition coefficient (Wildman–Crippen LogP) is 1.48. The van der Waals surface area contributed by atoms with Gasteiger partial charge in [-0.15, -0.1) is 0 Å². The minimum absolute atomic E-state index is 0.0247. The molecule has 1 aromatic carbocycles. The van der Waals surface area contributed by atoms with Crippen molar-refractivity contribution in [3.05, 3.63) is 60.6 Å². The Morgan fingerprint density at radius 2 is 2.00 bits per heavy atom. The van der Waals surface area contributed by atoms with Gasteiger partial charge in [0.1, 0.15) is 10.6 Å². The number of nitrogens with zero attached hydrogens (tertiary/aromatic N) is 4. The van der Waals surface area contributed by atoms with Gasteiger partial charge in [-0.05, 0) is 35.9 Å². The number of morpholine rings is 1. The van der Waals surface area contributed by atoms with Crippen LogP contribution in [-0.2, 0) is 26.0 Å². The highest BCUT2D eigenvalue weighted by Gasteiger charge is 2.29. The quantitative estimate of drug-likeness (QED) is 0.571. The van der Waals surface area contributed by atoms with Gasteiger partial charge in [0, 0.05) is 31.7 Å². The number of pyridine rings is 1. The standard InChI is InChI=1S/C21H23N5O5S/c1-30-18-6-5-16(14-19(18)32(28,29)25-10-12-31-13-11-25)15-20(27)24-17-4-2-7-22-21(17)26-9-3-8-23-26/h2-9,14H,10-13,15H2,1H3,(H,24,27). The lowest BCUT2D eigenvalue weighted by Gasteiger charge is -2.26. The summed E-state index contributed by atoms with van der Waals surface area (Å²) in [7, 11) is -2.37. The van der Waals surface area contributed by atoms with Crippen molar-refractivity contribution in [3.8, 4) is 11.6 Å². The van der Waals surface area contributed by atoms with E-state index < -0.39 is 10.0 Å². The summed E-state index contributed by atoms with van der Waals surface area (Å²) in [5.74, 6) is 0.399. The number of benzene rings is 1. The van der Waals surface area contributed by atoms with Gasteiger partial charge in [0.2, 0.25) is 15.9 Å². The Balaban J connectivity index is 1.55. The summed E-state index contributed by atoms with van der Waals surface area (Å²) in [6.45, 7) is 1.22. The third-order valence-electron chi connectivity index (χ3n) is 4.96. The van der Waals surface area contributed by atoms with Crippen LogP contribution in [0.25, 0.3) is 5.82 Å². The number of amides is 1. The maximum absolute atomic E-state index is 13.1. The molecule has 0 aliphatic carbocycles. The molecular formula is C21H23N5O5S. The number of anilines is 1. The van der Waals surface area contributed by atoms with Gasteiger partial charge in [-0.25, -0.2) is 18.1 Å².